The summed E-state index contributed by atoms with van der Waals surface area (Å²) in [7, 11) is -8.35. The highest BCUT2D eigenvalue weighted by Gasteiger charge is 2.62. The Morgan fingerprint density at radius 3 is 1.27 bits per heavy atom. The Bertz CT molecular complexity index is 502. The van der Waals surface area contributed by atoms with Crippen LogP contribution in [0.4, 0.5) is 0 Å². The van der Waals surface area contributed by atoms with Gasteiger partial charge in [-0.25, -0.2) is 0 Å². The van der Waals surface area contributed by atoms with E-state index in [1.54, 1.807) is 0 Å². The summed E-state index contributed by atoms with van der Waals surface area (Å²) in [5.74, 6) is 0. The summed E-state index contributed by atoms with van der Waals surface area (Å²) in [5.41, 5.74) is 5.11. The SMILES string of the molecule is COP(=O)(OC)C(O)(CCN)O[P+](=O)OC(O)(CCN)P(=O)(OC)OC. The Kier molecular flexibility index (Phi) is 10.7. The summed E-state index contributed by atoms with van der Waals surface area (Å²) >= 11 is 0. The predicted molar refractivity (Wildman–Crippen MR) is 90.3 cm³/mol. The molecule has 0 rings (SSSR count). The Hall–Kier alpha value is 0.160. The molecular formula is C10H26N2O11P3+. The lowest BCUT2D eigenvalue weighted by Crippen LogP contribution is -2.37. The Morgan fingerprint density at radius 1 is 0.808 bits per heavy atom. The minimum Gasteiger partial charge on any atom is -0.353 e. The summed E-state index contributed by atoms with van der Waals surface area (Å²) < 4.78 is 65.2. The van der Waals surface area contributed by atoms with E-state index in [0.29, 0.717) is 0 Å². The van der Waals surface area contributed by atoms with Gasteiger partial charge in [-0.05, 0) is 13.1 Å². The van der Waals surface area contributed by atoms with Crippen LogP contribution in [0.15, 0.2) is 0 Å². The molecule has 0 saturated heterocycles. The van der Waals surface area contributed by atoms with Gasteiger partial charge < -0.3 is 39.8 Å². The summed E-state index contributed by atoms with van der Waals surface area (Å²) in [5, 5.41) is 20.9. The highest BCUT2D eigenvalue weighted by atomic mass is 31.2. The van der Waals surface area contributed by atoms with Crippen molar-refractivity contribution in [3.05, 3.63) is 0 Å². The lowest BCUT2D eigenvalue weighted by Gasteiger charge is -2.29. The van der Waals surface area contributed by atoms with Gasteiger partial charge in [0.1, 0.15) is 0 Å². The first-order chi connectivity index (χ1) is 12.0. The van der Waals surface area contributed by atoms with Gasteiger partial charge in [-0.15, -0.1) is 0 Å². The second-order valence-corrected chi connectivity index (χ2v) is 10.4. The van der Waals surface area contributed by atoms with E-state index in [1.165, 1.54) is 0 Å². The molecule has 0 aliphatic heterocycles. The zero-order valence-corrected chi connectivity index (χ0v) is 17.6. The Balaban J connectivity index is 5.69. The maximum Gasteiger partial charge on any atom is 0.704 e. The van der Waals surface area contributed by atoms with Crippen molar-refractivity contribution in [3.8, 4) is 0 Å². The zero-order chi connectivity index (χ0) is 20.6. The number of aliphatic hydroxyl groups is 2. The minimum atomic E-state index is -4.36. The average Bonchev–Trinajstić information content (AvgIpc) is 2.59. The van der Waals surface area contributed by atoms with E-state index >= 15 is 0 Å². The molecule has 2 unspecified atom stereocenters. The first kappa shape index (κ1) is 26.2. The second kappa shape index (κ2) is 10.6. The number of hydrogen-bond acceptors (Lipinski definition) is 13. The molecule has 0 aromatic heterocycles. The molecule has 6 N–H and O–H groups in total. The molecule has 0 fully saturated rings. The fourth-order valence-electron chi connectivity index (χ4n) is 1.82. The second-order valence-electron chi connectivity index (χ2n) is 4.70. The van der Waals surface area contributed by atoms with Crippen LogP contribution in [0.5, 0.6) is 0 Å². The van der Waals surface area contributed by atoms with E-state index in [9.17, 15) is 23.9 Å². The Morgan fingerprint density at radius 2 is 1.08 bits per heavy atom. The maximum atomic E-state index is 12.5. The standard InChI is InChI=1S/C10H26N2O11P3/c1-18-25(16,19-2)9(13,5-7-11)22-24(15)23-10(14,6-8-12)26(17,20-3)21-4/h13-14H,5-8,11-12H2,1-4H3/q+1. The van der Waals surface area contributed by atoms with Gasteiger partial charge in [0.25, 0.3) is 0 Å². The maximum absolute atomic E-state index is 12.5. The molecule has 0 saturated carbocycles. The van der Waals surface area contributed by atoms with Crippen LogP contribution in [-0.4, -0.2) is 62.8 Å². The molecule has 0 spiro atoms. The van der Waals surface area contributed by atoms with Crippen LogP contribution < -0.4 is 11.5 Å². The quantitative estimate of drug-likeness (QED) is 0.215. The monoisotopic (exact) mass is 443 g/mol. The zero-order valence-electron chi connectivity index (χ0n) is 14.9. The highest BCUT2D eigenvalue weighted by Crippen LogP contribution is 2.65. The average molecular weight is 443 g/mol. The molecule has 0 aliphatic carbocycles. The molecule has 0 aromatic rings. The smallest absolute Gasteiger partial charge is 0.353 e. The first-order valence-electron chi connectivity index (χ1n) is 7.10. The molecule has 0 radical (unpaired) electrons. The van der Waals surface area contributed by atoms with Gasteiger partial charge in [0, 0.05) is 45.8 Å². The minimum absolute atomic E-state index is 0.266. The molecule has 13 nitrogen and oxygen atoms in total. The van der Waals surface area contributed by atoms with E-state index < -0.39 is 47.3 Å². The molecule has 2 atom stereocenters. The fourth-order valence-corrected chi connectivity index (χ4v) is 5.96. The lowest BCUT2D eigenvalue weighted by molar-refractivity contribution is -0.124. The predicted octanol–water partition coefficient (Wildman–Crippen LogP) is 0.639. The van der Waals surface area contributed by atoms with Crippen molar-refractivity contribution in [1.29, 1.82) is 0 Å². The van der Waals surface area contributed by atoms with Gasteiger partial charge in [0.05, 0.1) is 0 Å². The van der Waals surface area contributed by atoms with Crippen molar-refractivity contribution in [3.63, 3.8) is 0 Å². The van der Waals surface area contributed by atoms with Crippen LogP contribution in [-0.2, 0) is 40.8 Å². The molecule has 0 aliphatic rings. The van der Waals surface area contributed by atoms with Crippen LogP contribution in [0.3, 0.4) is 0 Å². The van der Waals surface area contributed by atoms with Gasteiger partial charge in [0.2, 0.25) is 0 Å². The van der Waals surface area contributed by atoms with Crippen LogP contribution in [0.2, 0.25) is 0 Å². The molecule has 0 heterocycles. The van der Waals surface area contributed by atoms with Crippen LogP contribution in [0.25, 0.3) is 0 Å². The van der Waals surface area contributed by atoms with Gasteiger partial charge in [-0.2, -0.15) is 0 Å². The van der Waals surface area contributed by atoms with Crippen molar-refractivity contribution in [2.45, 2.75) is 23.9 Å². The van der Waals surface area contributed by atoms with Crippen molar-refractivity contribution < 1.29 is 51.1 Å². The normalized spacial score (nSPS) is 18.2. The van der Waals surface area contributed by atoms with Gasteiger partial charge in [0.15, 0.2) is 0 Å². The molecular weight excluding hydrogens is 417 g/mol. The first-order valence-corrected chi connectivity index (χ1v) is 11.3. The van der Waals surface area contributed by atoms with Crippen molar-refractivity contribution in [2.75, 3.05) is 41.5 Å². The van der Waals surface area contributed by atoms with E-state index in [4.69, 9.17) is 20.5 Å². The van der Waals surface area contributed by atoms with E-state index in [2.05, 4.69) is 18.1 Å². The van der Waals surface area contributed by atoms with Crippen LogP contribution in [0, 0.1) is 0 Å². The molecule has 0 bridgehead atoms. The fraction of sp³-hybridized carbons (Fsp3) is 1.00. The van der Waals surface area contributed by atoms with E-state index in [1.807, 2.05) is 0 Å². The summed E-state index contributed by atoms with van der Waals surface area (Å²) in [4.78, 5) is 0. The van der Waals surface area contributed by atoms with Crippen LogP contribution in [0.1, 0.15) is 12.8 Å². The van der Waals surface area contributed by atoms with Crippen molar-refractivity contribution >= 4 is 23.4 Å². The van der Waals surface area contributed by atoms with Crippen molar-refractivity contribution in [2.24, 2.45) is 11.5 Å². The van der Waals surface area contributed by atoms with Gasteiger partial charge >= 0.3 is 34.5 Å². The third kappa shape index (κ3) is 5.59. The summed E-state index contributed by atoms with van der Waals surface area (Å²) in [6.45, 7) is -0.532. The molecule has 0 aromatic carbocycles. The molecule has 26 heavy (non-hydrogen) atoms. The topological polar surface area (TPSA) is 199 Å². The largest absolute Gasteiger partial charge is 0.704 e. The van der Waals surface area contributed by atoms with E-state index in [0.717, 1.165) is 28.4 Å². The highest BCUT2D eigenvalue weighted by molar-refractivity contribution is 7.56. The molecule has 16 heteroatoms. The summed E-state index contributed by atoms with van der Waals surface area (Å²) in [6.07, 6.45) is -1.06. The third-order valence-electron chi connectivity index (χ3n) is 3.20. The third-order valence-corrected chi connectivity index (χ3v) is 8.65. The Labute approximate surface area is 152 Å². The number of nitrogens with two attached hydrogens (primary N) is 2. The molecule has 0 amide bonds. The van der Waals surface area contributed by atoms with E-state index in [-0.39, 0.29) is 13.1 Å². The van der Waals surface area contributed by atoms with Gasteiger partial charge in [-0.1, -0.05) is 9.05 Å². The van der Waals surface area contributed by atoms with Crippen LogP contribution >= 0.6 is 23.4 Å². The number of rotatable bonds is 14. The van der Waals surface area contributed by atoms with Crippen molar-refractivity contribution in [1.82, 2.24) is 0 Å². The summed E-state index contributed by atoms with van der Waals surface area (Å²) in [6, 6.07) is 0. The number of hydrogen-bond donors (Lipinski definition) is 4. The lowest BCUT2D eigenvalue weighted by atomic mass is 10.4. The molecule has 156 valence electrons. The van der Waals surface area contributed by atoms with Gasteiger partial charge in [-0.3, -0.25) is 9.13 Å².